The molecule has 2 aromatic carbocycles. The van der Waals surface area contributed by atoms with Crippen LogP contribution < -0.4 is 14.8 Å². The molecule has 0 unspecified atom stereocenters. The summed E-state index contributed by atoms with van der Waals surface area (Å²) < 4.78 is 21.0. The molecule has 0 fully saturated rings. The van der Waals surface area contributed by atoms with Crippen LogP contribution in [0.5, 0.6) is 11.5 Å². The van der Waals surface area contributed by atoms with Gasteiger partial charge >= 0.3 is 5.97 Å². The van der Waals surface area contributed by atoms with Crippen molar-refractivity contribution >= 4 is 28.7 Å². The number of nitrogens with one attached hydrogen (secondary N) is 1. The molecule has 0 bridgehead atoms. The lowest BCUT2D eigenvalue weighted by Crippen LogP contribution is -2.21. The van der Waals surface area contributed by atoms with Crippen LogP contribution >= 0.6 is 0 Å². The molecule has 0 radical (unpaired) electrons. The van der Waals surface area contributed by atoms with E-state index in [-0.39, 0.29) is 11.3 Å². The van der Waals surface area contributed by atoms with Gasteiger partial charge in [0.25, 0.3) is 11.6 Å². The Balaban J connectivity index is 1.55. The number of ether oxygens (including phenoxy) is 3. The third-order valence-corrected chi connectivity index (χ3v) is 5.20. The lowest BCUT2D eigenvalue weighted by molar-refractivity contribution is -0.119. The number of anilines is 1. The number of hydrogen-bond acceptors (Lipinski definition) is 8. The highest BCUT2D eigenvalue weighted by atomic mass is 16.5. The number of esters is 1. The number of aryl methyl sites for hydroxylation is 2. The molecule has 0 aliphatic rings. The van der Waals surface area contributed by atoms with Crippen molar-refractivity contribution in [1.82, 2.24) is 10.1 Å². The van der Waals surface area contributed by atoms with Gasteiger partial charge in [-0.25, -0.2) is 9.78 Å². The lowest BCUT2D eigenvalue weighted by atomic mass is 10.0. The maximum atomic E-state index is 13.0. The molecule has 174 valence electrons. The Bertz CT molecular complexity index is 1360. The van der Waals surface area contributed by atoms with Crippen molar-refractivity contribution in [1.29, 1.82) is 0 Å². The minimum atomic E-state index is -0.695. The number of fused-ring (bicyclic) bond motifs is 1. The van der Waals surface area contributed by atoms with E-state index >= 15 is 0 Å². The predicted molar refractivity (Wildman–Crippen MR) is 125 cm³/mol. The van der Waals surface area contributed by atoms with Crippen LogP contribution in [0.3, 0.4) is 0 Å². The highest BCUT2D eigenvalue weighted by Crippen LogP contribution is 2.30. The standard InChI is InChI=1S/C25H23N3O6/c1-14-5-7-16(8-6-14)19-12-18(23-15(2)28-34-24(23)27-19)25(30)33-13-22(29)26-20-11-17(31-3)9-10-21(20)32-4/h5-12H,13H2,1-4H3,(H,26,29). The third kappa shape index (κ3) is 4.68. The van der Waals surface area contributed by atoms with Crippen LogP contribution in [-0.4, -0.2) is 42.8 Å². The number of aromatic nitrogens is 2. The Morgan fingerprint density at radius 1 is 1.00 bits per heavy atom. The van der Waals surface area contributed by atoms with Crippen molar-refractivity contribution in [3.05, 3.63) is 65.4 Å². The Labute approximate surface area is 195 Å². The van der Waals surface area contributed by atoms with Gasteiger partial charge in [-0.3, -0.25) is 4.79 Å². The molecule has 0 saturated carbocycles. The van der Waals surface area contributed by atoms with E-state index in [4.69, 9.17) is 18.7 Å². The zero-order valence-corrected chi connectivity index (χ0v) is 19.2. The fraction of sp³-hybridized carbons (Fsp3) is 0.200. The number of methoxy groups -OCH3 is 2. The largest absolute Gasteiger partial charge is 0.497 e. The van der Waals surface area contributed by atoms with Gasteiger partial charge in [-0.2, -0.15) is 0 Å². The second kappa shape index (κ2) is 9.62. The van der Waals surface area contributed by atoms with Gasteiger partial charge in [-0.05, 0) is 32.0 Å². The maximum absolute atomic E-state index is 13.0. The summed E-state index contributed by atoms with van der Waals surface area (Å²) in [6, 6.07) is 14.3. The second-order valence-corrected chi connectivity index (χ2v) is 7.56. The zero-order valence-electron chi connectivity index (χ0n) is 19.2. The Morgan fingerprint density at radius 2 is 1.76 bits per heavy atom. The minimum absolute atomic E-state index is 0.214. The quantitative estimate of drug-likeness (QED) is 0.405. The van der Waals surface area contributed by atoms with Crippen LogP contribution in [0.25, 0.3) is 22.4 Å². The Kier molecular flexibility index (Phi) is 6.44. The van der Waals surface area contributed by atoms with Crippen LogP contribution in [0.4, 0.5) is 5.69 Å². The number of benzene rings is 2. The fourth-order valence-corrected chi connectivity index (χ4v) is 3.43. The average molecular weight is 461 g/mol. The Morgan fingerprint density at radius 3 is 2.47 bits per heavy atom. The minimum Gasteiger partial charge on any atom is -0.497 e. The zero-order chi connectivity index (χ0) is 24.2. The molecule has 0 spiro atoms. The smallest absolute Gasteiger partial charge is 0.339 e. The van der Waals surface area contributed by atoms with Crippen LogP contribution in [0, 0.1) is 13.8 Å². The molecule has 1 amide bonds. The molecular weight excluding hydrogens is 438 g/mol. The maximum Gasteiger partial charge on any atom is 0.339 e. The number of pyridine rings is 1. The molecule has 0 aliphatic heterocycles. The van der Waals surface area contributed by atoms with E-state index in [0.29, 0.717) is 34.0 Å². The number of hydrogen-bond donors (Lipinski definition) is 1. The van der Waals surface area contributed by atoms with Gasteiger partial charge in [0, 0.05) is 11.6 Å². The highest BCUT2D eigenvalue weighted by molar-refractivity contribution is 6.05. The van der Waals surface area contributed by atoms with Gasteiger partial charge in [-0.15, -0.1) is 0 Å². The van der Waals surface area contributed by atoms with Gasteiger partial charge in [0.1, 0.15) is 11.5 Å². The molecule has 2 heterocycles. The van der Waals surface area contributed by atoms with E-state index in [1.54, 1.807) is 31.2 Å². The summed E-state index contributed by atoms with van der Waals surface area (Å²) in [7, 11) is 3.00. The molecule has 0 aliphatic carbocycles. The van der Waals surface area contributed by atoms with Gasteiger partial charge < -0.3 is 24.1 Å². The molecule has 2 aromatic heterocycles. The molecule has 0 atom stereocenters. The van der Waals surface area contributed by atoms with Crippen molar-refractivity contribution < 1.29 is 28.3 Å². The number of carbonyl (C=O) groups is 2. The number of rotatable bonds is 7. The van der Waals surface area contributed by atoms with Crippen LogP contribution in [-0.2, 0) is 9.53 Å². The van der Waals surface area contributed by atoms with Crippen molar-refractivity contribution in [2.75, 3.05) is 26.1 Å². The van der Waals surface area contributed by atoms with E-state index in [1.165, 1.54) is 14.2 Å². The third-order valence-electron chi connectivity index (χ3n) is 5.20. The van der Waals surface area contributed by atoms with E-state index in [2.05, 4.69) is 15.5 Å². The molecule has 9 nitrogen and oxygen atoms in total. The Hall–Kier alpha value is -4.40. The molecular formula is C25H23N3O6. The second-order valence-electron chi connectivity index (χ2n) is 7.56. The molecule has 4 aromatic rings. The van der Waals surface area contributed by atoms with Crippen LogP contribution in [0.1, 0.15) is 21.6 Å². The number of nitrogens with zero attached hydrogens (tertiary/aromatic N) is 2. The highest BCUT2D eigenvalue weighted by Gasteiger charge is 2.21. The summed E-state index contributed by atoms with van der Waals surface area (Å²) in [5.41, 5.74) is 3.75. The van der Waals surface area contributed by atoms with Gasteiger partial charge in [-0.1, -0.05) is 35.0 Å². The topological polar surface area (TPSA) is 113 Å². The molecule has 1 N–H and O–H groups in total. The summed E-state index contributed by atoms with van der Waals surface area (Å²) in [5, 5.41) is 7.03. The monoisotopic (exact) mass is 461 g/mol. The van der Waals surface area contributed by atoms with Gasteiger partial charge in [0.2, 0.25) is 0 Å². The summed E-state index contributed by atoms with van der Waals surface area (Å²) in [5.74, 6) is -0.246. The first-order valence-corrected chi connectivity index (χ1v) is 10.4. The summed E-state index contributed by atoms with van der Waals surface area (Å²) in [6.45, 7) is 3.18. The molecule has 9 heteroatoms. The normalized spacial score (nSPS) is 10.7. The predicted octanol–water partition coefficient (Wildman–Crippen LogP) is 4.32. The molecule has 0 saturated heterocycles. The van der Waals surface area contributed by atoms with Crippen molar-refractivity contribution in [2.24, 2.45) is 0 Å². The first-order valence-electron chi connectivity index (χ1n) is 10.4. The summed E-state index contributed by atoms with van der Waals surface area (Å²) >= 11 is 0. The van der Waals surface area contributed by atoms with E-state index in [0.717, 1.165) is 11.1 Å². The number of amides is 1. The number of carbonyl (C=O) groups excluding carboxylic acids is 2. The lowest BCUT2D eigenvalue weighted by Gasteiger charge is -2.12. The fourth-order valence-electron chi connectivity index (χ4n) is 3.43. The molecule has 34 heavy (non-hydrogen) atoms. The van der Waals surface area contributed by atoms with Crippen LogP contribution in [0.15, 0.2) is 53.1 Å². The first kappa shape index (κ1) is 22.8. The summed E-state index contributed by atoms with van der Waals surface area (Å²) in [6.07, 6.45) is 0. The average Bonchev–Trinajstić information content (AvgIpc) is 3.23. The van der Waals surface area contributed by atoms with E-state index < -0.39 is 18.5 Å². The van der Waals surface area contributed by atoms with Crippen LogP contribution in [0.2, 0.25) is 0 Å². The van der Waals surface area contributed by atoms with Crippen molar-refractivity contribution in [2.45, 2.75) is 13.8 Å². The van der Waals surface area contributed by atoms with Gasteiger partial charge in [0.05, 0.1) is 42.2 Å². The van der Waals surface area contributed by atoms with Gasteiger partial charge in [0.15, 0.2) is 6.61 Å². The summed E-state index contributed by atoms with van der Waals surface area (Å²) in [4.78, 5) is 30.0. The van der Waals surface area contributed by atoms with E-state index in [1.807, 2.05) is 31.2 Å². The van der Waals surface area contributed by atoms with E-state index in [9.17, 15) is 9.59 Å². The SMILES string of the molecule is COc1ccc(OC)c(NC(=O)COC(=O)c2cc(-c3ccc(C)cc3)nc3onc(C)c23)c1. The van der Waals surface area contributed by atoms with Crippen molar-refractivity contribution in [3.63, 3.8) is 0 Å². The first-order chi connectivity index (χ1) is 16.4. The molecule has 4 rings (SSSR count). The van der Waals surface area contributed by atoms with Crippen molar-refractivity contribution in [3.8, 4) is 22.8 Å².